The van der Waals surface area contributed by atoms with Gasteiger partial charge in [-0.15, -0.1) is 0 Å². The van der Waals surface area contributed by atoms with Gasteiger partial charge in [-0.1, -0.05) is 36.4 Å². The van der Waals surface area contributed by atoms with E-state index in [9.17, 15) is 0 Å². The van der Waals surface area contributed by atoms with Crippen molar-refractivity contribution in [1.82, 2.24) is 0 Å². The van der Waals surface area contributed by atoms with Gasteiger partial charge in [0.05, 0.1) is 0 Å². The third-order valence-electron chi connectivity index (χ3n) is 3.97. The highest BCUT2D eigenvalue weighted by molar-refractivity contribution is 7.01. The summed E-state index contributed by atoms with van der Waals surface area (Å²) in [5, 5.41) is 0. The van der Waals surface area contributed by atoms with Gasteiger partial charge in [0.15, 0.2) is 41.6 Å². The first-order chi connectivity index (χ1) is 15.4. The Morgan fingerprint density at radius 2 is 0.886 bits per heavy atom. The average molecular weight is 605 g/mol. The molecule has 0 atom stereocenters. The van der Waals surface area contributed by atoms with Crippen molar-refractivity contribution in [1.29, 1.82) is 0 Å². The van der Waals surface area contributed by atoms with Crippen molar-refractivity contribution < 1.29 is 20.6 Å². The lowest BCUT2D eigenvalue weighted by Crippen LogP contribution is -2.65. The zero-order chi connectivity index (χ0) is 27.5. The second-order valence-electron chi connectivity index (χ2n) is 14.0. The number of benzene rings is 1. The molecule has 0 saturated heterocycles. The second kappa shape index (κ2) is 12.0. The van der Waals surface area contributed by atoms with Crippen LogP contribution in [0, 0.1) is 0 Å². The first kappa shape index (κ1) is 33.3. The van der Waals surface area contributed by atoms with Crippen LogP contribution in [0.5, 0.6) is 0 Å². The molecule has 0 saturated carbocycles. The molecular formula is C23H52O5Si7. The van der Waals surface area contributed by atoms with Crippen LogP contribution in [0.25, 0.3) is 6.08 Å². The second-order valence-corrected chi connectivity index (χ2v) is 43.0. The molecule has 35 heavy (non-hydrogen) atoms. The molecule has 5 nitrogen and oxygen atoms in total. The van der Waals surface area contributed by atoms with Gasteiger partial charge in [0.25, 0.3) is 0 Å². The van der Waals surface area contributed by atoms with Gasteiger partial charge in [-0.05, 0) is 104 Å². The van der Waals surface area contributed by atoms with Crippen LogP contribution in [0.2, 0.25) is 98.2 Å². The Hall–Kier alpha value is 0.278. The Morgan fingerprint density at radius 1 is 0.543 bits per heavy atom. The molecule has 0 aromatic heterocycles. The van der Waals surface area contributed by atoms with E-state index in [2.05, 4.69) is 129 Å². The summed E-state index contributed by atoms with van der Waals surface area (Å²) in [5.41, 5.74) is 1.10. The molecule has 0 aliphatic carbocycles. The van der Waals surface area contributed by atoms with Gasteiger partial charge in [0.2, 0.25) is 0 Å². The summed E-state index contributed by atoms with van der Waals surface area (Å²) in [5.74, 6) is 0. The van der Waals surface area contributed by atoms with E-state index in [1.165, 1.54) is 0 Å². The molecule has 0 N–H and O–H groups in total. The maximum absolute atomic E-state index is 7.16. The van der Waals surface area contributed by atoms with Gasteiger partial charge in [-0.3, -0.25) is 0 Å². The first-order valence-electron chi connectivity index (χ1n) is 12.6. The van der Waals surface area contributed by atoms with E-state index in [0.29, 0.717) is 0 Å². The van der Waals surface area contributed by atoms with Crippen molar-refractivity contribution in [3.63, 3.8) is 0 Å². The fraction of sp³-hybridized carbons (Fsp3) is 0.652. The number of rotatable bonds is 13. The maximum atomic E-state index is 7.16. The fourth-order valence-corrected chi connectivity index (χ4v) is 27.2. The standard InChI is InChI=1S/C23H52O5Si7/c1-30(2,3)24-29(25-31(4,5)6)23(21-22-19-17-16-18-20-22)35(26-32(7,8)9,27-33(10,11)12)28-34(13,14)15/h16-21,29H,1-15H3. The minimum Gasteiger partial charge on any atom is -0.436 e. The zero-order valence-corrected chi connectivity index (χ0v) is 32.2. The highest BCUT2D eigenvalue weighted by atomic mass is 28.5. The van der Waals surface area contributed by atoms with Crippen LogP contribution in [-0.2, 0) is 20.6 Å². The summed E-state index contributed by atoms with van der Waals surface area (Å²) < 4.78 is 35.4. The molecule has 0 aliphatic rings. The molecule has 202 valence electrons. The predicted octanol–water partition coefficient (Wildman–Crippen LogP) is 7.57. The molecule has 0 spiro atoms. The van der Waals surface area contributed by atoms with Crippen molar-refractivity contribution in [3.05, 3.63) is 40.7 Å². The van der Waals surface area contributed by atoms with Crippen molar-refractivity contribution in [2.24, 2.45) is 0 Å². The number of hydrogen-bond donors (Lipinski definition) is 0. The lowest BCUT2D eigenvalue weighted by Gasteiger charge is -2.46. The molecule has 0 unspecified atom stereocenters. The van der Waals surface area contributed by atoms with Gasteiger partial charge in [0.1, 0.15) is 0 Å². The molecule has 1 aromatic rings. The van der Waals surface area contributed by atoms with Crippen LogP contribution in [0.3, 0.4) is 0 Å². The SMILES string of the molecule is C[Si](C)(C)O[SiH](O[Si](C)(C)C)C(=Cc1ccccc1)[Si](O[Si](C)(C)C)(O[Si](C)(C)C)O[Si](C)(C)C. The lowest BCUT2D eigenvalue weighted by molar-refractivity contribution is 0.266. The molecule has 0 bridgehead atoms. The van der Waals surface area contributed by atoms with Gasteiger partial charge in [-0.25, -0.2) is 0 Å². The van der Waals surface area contributed by atoms with Crippen molar-refractivity contribution in [3.8, 4) is 0 Å². The minimum absolute atomic E-state index is 1.06. The summed E-state index contributed by atoms with van der Waals surface area (Å²) in [6, 6.07) is 10.4. The van der Waals surface area contributed by atoms with Gasteiger partial charge >= 0.3 is 18.1 Å². The summed E-state index contributed by atoms with van der Waals surface area (Å²) >= 11 is 0. The fourth-order valence-electron chi connectivity index (χ4n) is 3.27. The Bertz CT molecular complexity index is 773. The molecule has 0 radical (unpaired) electrons. The molecule has 0 fully saturated rings. The molecule has 0 heterocycles. The molecule has 1 rings (SSSR count). The van der Waals surface area contributed by atoms with Crippen LogP contribution < -0.4 is 0 Å². The third kappa shape index (κ3) is 14.1. The maximum Gasteiger partial charge on any atom is 0.501 e. The summed E-state index contributed by atoms with van der Waals surface area (Å²) in [7, 11) is -16.0. The molecule has 0 amide bonds. The number of hydrogen-bond acceptors (Lipinski definition) is 5. The topological polar surface area (TPSA) is 46.2 Å². The van der Waals surface area contributed by atoms with Crippen molar-refractivity contribution in [2.45, 2.75) is 98.2 Å². The lowest BCUT2D eigenvalue weighted by atomic mass is 10.2. The monoisotopic (exact) mass is 604 g/mol. The summed E-state index contributed by atoms with van der Waals surface area (Å²) in [4.78, 5) is 1.06. The summed E-state index contributed by atoms with van der Waals surface area (Å²) in [6.45, 7) is 33.5. The van der Waals surface area contributed by atoms with E-state index in [0.717, 1.165) is 10.4 Å². The Morgan fingerprint density at radius 3 is 1.17 bits per heavy atom. The molecule has 12 heteroatoms. The third-order valence-corrected chi connectivity index (χ3v) is 25.2. The first-order valence-corrected chi connectivity index (χ1v) is 32.9. The molecule has 1 aromatic carbocycles. The van der Waals surface area contributed by atoms with E-state index in [4.69, 9.17) is 20.6 Å². The Labute approximate surface area is 224 Å². The van der Waals surface area contributed by atoms with Crippen LogP contribution >= 0.6 is 0 Å². The normalized spacial score (nSPS) is 15.1. The molecular weight excluding hydrogens is 553 g/mol. The van der Waals surface area contributed by atoms with E-state index in [-0.39, 0.29) is 0 Å². The van der Waals surface area contributed by atoms with E-state index >= 15 is 0 Å². The minimum atomic E-state index is -3.37. The van der Waals surface area contributed by atoms with Gasteiger partial charge in [-0.2, -0.15) is 0 Å². The van der Waals surface area contributed by atoms with Gasteiger partial charge < -0.3 is 20.6 Å². The Kier molecular flexibility index (Phi) is 11.4. The zero-order valence-electron chi connectivity index (χ0n) is 25.1. The molecule has 0 aliphatic heterocycles. The van der Waals surface area contributed by atoms with Crippen LogP contribution in [0.4, 0.5) is 0 Å². The highest BCUT2D eigenvalue weighted by Crippen LogP contribution is 2.35. The predicted molar refractivity (Wildman–Crippen MR) is 169 cm³/mol. The highest BCUT2D eigenvalue weighted by Gasteiger charge is 2.57. The van der Waals surface area contributed by atoms with Crippen molar-refractivity contribution >= 4 is 65.8 Å². The van der Waals surface area contributed by atoms with Crippen LogP contribution in [-0.4, -0.2) is 59.7 Å². The quantitative estimate of drug-likeness (QED) is 0.217. The van der Waals surface area contributed by atoms with Crippen molar-refractivity contribution in [2.75, 3.05) is 0 Å². The smallest absolute Gasteiger partial charge is 0.436 e. The van der Waals surface area contributed by atoms with E-state index in [1.54, 1.807) is 0 Å². The van der Waals surface area contributed by atoms with E-state index < -0.39 is 59.7 Å². The average Bonchev–Trinajstić information content (AvgIpc) is 2.52. The van der Waals surface area contributed by atoms with Gasteiger partial charge in [0, 0.05) is 4.82 Å². The Balaban J connectivity index is 4.08. The largest absolute Gasteiger partial charge is 0.501 e. The van der Waals surface area contributed by atoms with Crippen LogP contribution in [0.15, 0.2) is 35.2 Å². The van der Waals surface area contributed by atoms with Crippen LogP contribution in [0.1, 0.15) is 5.56 Å². The van der Waals surface area contributed by atoms with E-state index in [1.807, 2.05) is 6.07 Å². The summed E-state index contributed by atoms with van der Waals surface area (Å²) in [6.07, 6.45) is 2.24.